The zero-order chi connectivity index (χ0) is 10.2. The van der Waals surface area contributed by atoms with Gasteiger partial charge in [0, 0.05) is 0 Å². The molecule has 0 amide bonds. The zero-order valence-corrected chi connectivity index (χ0v) is 10.7. The van der Waals surface area contributed by atoms with Crippen molar-refractivity contribution >= 4 is 14.0 Å². The summed E-state index contributed by atoms with van der Waals surface area (Å²) in [6.07, 6.45) is 5.63. The molecule has 1 atom stereocenters. The SMILES string of the molecule is CCCCCC[SiH](C)c1ccccc1. The van der Waals surface area contributed by atoms with Crippen LogP contribution in [-0.2, 0) is 0 Å². The molecule has 14 heavy (non-hydrogen) atoms. The first-order valence-corrected chi connectivity index (χ1v) is 8.44. The molecule has 0 aliphatic rings. The Bertz CT molecular complexity index is 230. The Morgan fingerprint density at radius 2 is 1.71 bits per heavy atom. The molecular weight excluding hydrogens is 184 g/mol. The summed E-state index contributed by atoms with van der Waals surface area (Å²) in [6, 6.07) is 12.5. The van der Waals surface area contributed by atoms with E-state index in [0.717, 1.165) is 0 Å². The second-order valence-corrected chi connectivity index (χ2v) is 7.21. The monoisotopic (exact) mass is 206 g/mol. The summed E-state index contributed by atoms with van der Waals surface area (Å²) < 4.78 is 0. The van der Waals surface area contributed by atoms with Crippen LogP contribution in [0.25, 0.3) is 0 Å². The molecule has 1 heteroatoms. The van der Waals surface area contributed by atoms with Crippen LogP contribution in [0.3, 0.4) is 0 Å². The molecule has 0 aliphatic carbocycles. The fraction of sp³-hybridized carbons (Fsp3) is 0.538. The van der Waals surface area contributed by atoms with Gasteiger partial charge in [-0.1, -0.05) is 80.7 Å². The first-order valence-electron chi connectivity index (χ1n) is 5.89. The maximum absolute atomic E-state index is 2.47. The lowest BCUT2D eigenvalue weighted by Crippen LogP contribution is -2.25. The normalized spacial score (nSPS) is 12.7. The van der Waals surface area contributed by atoms with Crippen LogP contribution in [0.2, 0.25) is 12.6 Å². The molecule has 1 unspecified atom stereocenters. The van der Waals surface area contributed by atoms with E-state index in [1.165, 1.54) is 31.7 Å². The molecule has 0 fully saturated rings. The van der Waals surface area contributed by atoms with Crippen molar-refractivity contribution in [3.63, 3.8) is 0 Å². The van der Waals surface area contributed by atoms with E-state index in [0.29, 0.717) is 0 Å². The van der Waals surface area contributed by atoms with Crippen molar-refractivity contribution in [2.24, 2.45) is 0 Å². The van der Waals surface area contributed by atoms with E-state index in [-0.39, 0.29) is 0 Å². The Morgan fingerprint density at radius 3 is 2.36 bits per heavy atom. The topological polar surface area (TPSA) is 0 Å². The van der Waals surface area contributed by atoms with Crippen LogP contribution < -0.4 is 5.19 Å². The maximum Gasteiger partial charge on any atom is 0.0677 e. The number of benzene rings is 1. The second-order valence-electron chi connectivity index (χ2n) is 4.16. The van der Waals surface area contributed by atoms with Crippen molar-refractivity contribution in [3.8, 4) is 0 Å². The predicted octanol–water partition coefficient (Wildman–Crippen LogP) is 3.33. The molecule has 0 aliphatic heterocycles. The molecule has 0 nitrogen and oxygen atoms in total. The van der Waals surface area contributed by atoms with Crippen molar-refractivity contribution in [2.45, 2.75) is 45.2 Å². The quantitative estimate of drug-likeness (QED) is 0.495. The van der Waals surface area contributed by atoms with Crippen molar-refractivity contribution in [1.29, 1.82) is 0 Å². The first-order chi connectivity index (χ1) is 6.84. The largest absolute Gasteiger partial charge is 0.0680 e. The maximum atomic E-state index is 2.47. The van der Waals surface area contributed by atoms with E-state index in [1.807, 2.05) is 0 Å². The molecule has 78 valence electrons. The highest BCUT2D eigenvalue weighted by Crippen LogP contribution is 2.06. The van der Waals surface area contributed by atoms with Gasteiger partial charge in [0.05, 0.1) is 8.80 Å². The number of rotatable bonds is 6. The molecule has 0 radical (unpaired) electrons. The van der Waals surface area contributed by atoms with Crippen LogP contribution in [0, 0.1) is 0 Å². The van der Waals surface area contributed by atoms with E-state index in [4.69, 9.17) is 0 Å². The van der Waals surface area contributed by atoms with Gasteiger partial charge in [-0.25, -0.2) is 0 Å². The average Bonchev–Trinajstić information content (AvgIpc) is 2.25. The highest BCUT2D eigenvalue weighted by Gasteiger charge is 2.05. The van der Waals surface area contributed by atoms with E-state index < -0.39 is 8.80 Å². The van der Waals surface area contributed by atoms with Gasteiger partial charge in [-0.2, -0.15) is 0 Å². The van der Waals surface area contributed by atoms with E-state index >= 15 is 0 Å². The summed E-state index contributed by atoms with van der Waals surface area (Å²) in [5.74, 6) is 0. The van der Waals surface area contributed by atoms with Gasteiger partial charge in [-0.3, -0.25) is 0 Å². The third-order valence-electron chi connectivity index (χ3n) is 2.86. The lowest BCUT2D eigenvalue weighted by molar-refractivity contribution is 0.699. The molecule has 0 heterocycles. The van der Waals surface area contributed by atoms with Gasteiger partial charge in [0.25, 0.3) is 0 Å². The number of unbranched alkanes of at least 4 members (excludes halogenated alkanes) is 3. The molecule has 0 spiro atoms. The molecule has 0 saturated heterocycles. The predicted molar refractivity (Wildman–Crippen MR) is 68.0 cm³/mol. The third kappa shape index (κ3) is 4.10. The lowest BCUT2D eigenvalue weighted by Gasteiger charge is -2.09. The fourth-order valence-electron chi connectivity index (χ4n) is 1.83. The molecule has 1 aromatic carbocycles. The first kappa shape index (κ1) is 11.5. The molecule has 0 aromatic heterocycles. The molecule has 1 rings (SSSR count). The highest BCUT2D eigenvalue weighted by atomic mass is 28.3. The van der Waals surface area contributed by atoms with Gasteiger partial charge in [0.2, 0.25) is 0 Å². The minimum atomic E-state index is -0.603. The van der Waals surface area contributed by atoms with E-state index in [1.54, 1.807) is 5.19 Å². The van der Waals surface area contributed by atoms with Gasteiger partial charge >= 0.3 is 0 Å². The van der Waals surface area contributed by atoms with Crippen LogP contribution in [0.5, 0.6) is 0 Å². The van der Waals surface area contributed by atoms with Gasteiger partial charge < -0.3 is 0 Å². The number of hydrogen-bond donors (Lipinski definition) is 0. The van der Waals surface area contributed by atoms with Crippen LogP contribution in [-0.4, -0.2) is 8.80 Å². The van der Waals surface area contributed by atoms with Crippen molar-refractivity contribution in [3.05, 3.63) is 30.3 Å². The van der Waals surface area contributed by atoms with Gasteiger partial charge in [0.15, 0.2) is 0 Å². The summed E-state index contributed by atoms with van der Waals surface area (Å²) in [5.41, 5.74) is 0. The van der Waals surface area contributed by atoms with Crippen molar-refractivity contribution in [1.82, 2.24) is 0 Å². The summed E-state index contributed by atoms with van der Waals surface area (Å²) >= 11 is 0. The Balaban J connectivity index is 2.25. The summed E-state index contributed by atoms with van der Waals surface area (Å²) in [5, 5.41) is 1.63. The van der Waals surface area contributed by atoms with Gasteiger partial charge in [-0.05, 0) is 0 Å². The van der Waals surface area contributed by atoms with Crippen LogP contribution in [0.1, 0.15) is 32.6 Å². The Kier molecular flexibility index (Phi) is 5.61. The molecular formula is C13H22Si. The van der Waals surface area contributed by atoms with Crippen LogP contribution >= 0.6 is 0 Å². The Morgan fingerprint density at radius 1 is 1.00 bits per heavy atom. The lowest BCUT2D eigenvalue weighted by atomic mass is 10.2. The van der Waals surface area contributed by atoms with Crippen LogP contribution in [0.15, 0.2) is 30.3 Å². The summed E-state index contributed by atoms with van der Waals surface area (Å²) in [6.45, 7) is 4.75. The Labute approximate surface area is 90.0 Å². The minimum Gasteiger partial charge on any atom is -0.0680 e. The number of hydrogen-bond acceptors (Lipinski definition) is 0. The average molecular weight is 206 g/mol. The molecule has 0 N–H and O–H groups in total. The zero-order valence-electron chi connectivity index (χ0n) is 9.50. The molecule has 1 aromatic rings. The smallest absolute Gasteiger partial charge is 0.0677 e. The third-order valence-corrected chi connectivity index (χ3v) is 5.66. The van der Waals surface area contributed by atoms with Gasteiger partial charge in [-0.15, -0.1) is 0 Å². The molecule has 0 bridgehead atoms. The standard InChI is InChI=1S/C13H22Si/c1-3-4-5-9-12-14(2)13-10-7-6-8-11-13/h6-8,10-11,14H,3-5,9,12H2,1-2H3. The fourth-order valence-corrected chi connectivity index (χ4v) is 3.94. The molecule has 0 saturated carbocycles. The second kappa shape index (κ2) is 6.83. The summed E-state index contributed by atoms with van der Waals surface area (Å²) in [4.78, 5) is 0. The van der Waals surface area contributed by atoms with Crippen molar-refractivity contribution in [2.75, 3.05) is 0 Å². The highest BCUT2D eigenvalue weighted by molar-refractivity contribution is 6.71. The van der Waals surface area contributed by atoms with Crippen molar-refractivity contribution < 1.29 is 0 Å². The van der Waals surface area contributed by atoms with E-state index in [9.17, 15) is 0 Å². The Hall–Kier alpha value is -0.563. The summed E-state index contributed by atoms with van der Waals surface area (Å²) in [7, 11) is -0.603. The van der Waals surface area contributed by atoms with Gasteiger partial charge in [0.1, 0.15) is 0 Å². The minimum absolute atomic E-state index is 0.603. The van der Waals surface area contributed by atoms with E-state index in [2.05, 4.69) is 43.8 Å². The van der Waals surface area contributed by atoms with Crippen LogP contribution in [0.4, 0.5) is 0 Å².